The van der Waals surface area contributed by atoms with Crippen LogP contribution in [0.4, 0.5) is 5.69 Å². The molecule has 106 valence electrons. The number of aromatic amines is 1. The molecular weight excluding hydrogens is 278 g/mol. The first-order valence-corrected chi connectivity index (χ1v) is 6.30. The molecule has 0 aliphatic carbocycles. The smallest absolute Gasteiger partial charge is 0.228 e. The monoisotopic (exact) mass is 293 g/mol. The SMILES string of the molecule is Cl.O=C(Nc1cccc(-c2ncn[nH]2)c1)C1CCNC1. The van der Waals surface area contributed by atoms with E-state index in [4.69, 9.17) is 0 Å². The minimum absolute atomic E-state index is 0. The van der Waals surface area contributed by atoms with Gasteiger partial charge in [0.05, 0.1) is 5.92 Å². The molecule has 1 atom stereocenters. The van der Waals surface area contributed by atoms with Crippen molar-refractivity contribution >= 4 is 24.0 Å². The molecule has 7 heteroatoms. The van der Waals surface area contributed by atoms with E-state index in [9.17, 15) is 4.79 Å². The predicted octanol–water partition coefficient (Wildman–Crippen LogP) is 1.44. The van der Waals surface area contributed by atoms with Crippen molar-refractivity contribution in [3.8, 4) is 11.4 Å². The number of H-pyrrole nitrogens is 1. The molecule has 0 spiro atoms. The first kappa shape index (κ1) is 14.5. The molecule has 0 saturated carbocycles. The summed E-state index contributed by atoms with van der Waals surface area (Å²) in [5.74, 6) is 0.826. The van der Waals surface area contributed by atoms with Crippen LogP contribution < -0.4 is 10.6 Å². The second kappa shape index (κ2) is 6.49. The van der Waals surface area contributed by atoms with Crippen molar-refractivity contribution in [2.45, 2.75) is 6.42 Å². The standard InChI is InChI=1S/C13H15N5O.ClH/c19-13(10-4-5-14-7-10)17-11-3-1-2-9(6-11)12-15-8-16-18-12;/h1-3,6,8,10,14H,4-5,7H2,(H,17,19)(H,15,16,18);1H. The minimum Gasteiger partial charge on any atom is -0.326 e. The molecule has 3 N–H and O–H groups in total. The molecule has 1 aliphatic heterocycles. The Bertz CT molecular complexity index is 566. The average Bonchev–Trinajstić information content (AvgIpc) is 3.13. The van der Waals surface area contributed by atoms with Gasteiger partial charge in [0.25, 0.3) is 0 Å². The van der Waals surface area contributed by atoms with Crippen LogP contribution in [-0.4, -0.2) is 34.2 Å². The number of rotatable bonds is 3. The molecule has 1 saturated heterocycles. The first-order chi connectivity index (χ1) is 9.33. The largest absolute Gasteiger partial charge is 0.326 e. The van der Waals surface area contributed by atoms with Gasteiger partial charge in [-0.05, 0) is 25.1 Å². The summed E-state index contributed by atoms with van der Waals surface area (Å²) in [5, 5.41) is 12.8. The average molecular weight is 294 g/mol. The number of amides is 1. The van der Waals surface area contributed by atoms with Gasteiger partial charge in [0.15, 0.2) is 5.82 Å². The quantitative estimate of drug-likeness (QED) is 0.800. The highest BCUT2D eigenvalue weighted by Gasteiger charge is 2.22. The van der Waals surface area contributed by atoms with E-state index >= 15 is 0 Å². The second-order valence-electron chi connectivity index (χ2n) is 4.59. The first-order valence-electron chi connectivity index (χ1n) is 6.30. The number of nitrogens with zero attached hydrogens (tertiary/aromatic N) is 2. The normalized spacial score (nSPS) is 17.5. The molecule has 20 heavy (non-hydrogen) atoms. The summed E-state index contributed by atoms with van der Waals surface area (Å²) in [6.07, 6.45) is 2.36. The topological polar surface area (TPSA) is 82.7 Å². The van der Waals surface area contributed by atoms with E-state index in [0.29, 0.717) is 5.82 Å². The Morgan fingerprint density at radius 1 is 1.40 bits per heavy atom. The molecule has 1 unspecified atom stereocenters. The highest BCUT2D eigenvalue weighted by Crippen LogP contribution is 2.19. The molecule has 2 heterocycles. The van der Waals surface area contributed by atoms with Crippen LogP contribution in [0.2, 0.25) is 0 Å². The van der Waals surface area contributed by atoms with Crippen molar-refractivity contribution in [1.29, 1.82) is 0 Å². The maximum atomic E-state index is 12.0. The van der Waals surface area contributed by atoms with E-state index in [1.807, 2.05) is 24.3 Å². The van der Waals surface area contributed by atoms with Crippen molar-refractivity contribution < 1.29 is 4.79 Å². The third kappa shape index (κ3) is 3.15. The Kier molecular flexibility index (Phi) is 4.70. The van der Waals surface area contributed by atoms with Gasteiger partial charge in [-0.3, -0.25) is 9.89 Å². The van der Waals surface area contributed by atoms with E-state index in [0.717, 1.165) is 30.8 Å². The summed E-state index contributed by atoms with van der Waals surface area (Å²) >= 11 is 0. The van der Waals surface area contributed by atoms with Gasteiger partial charge < -0.3 is 10.6 Å². The molecule has 1 aromatic heterocycles. The third-order valence-electron chi connectivity index (χ3n) is 3.25. The van der Waals surface area contributed by atoms with Crippen LogP contribution in [0.15, 0.2) is 30.6 Å². The molecule has 6 nitrogen and oxygen atoms in total. The lowest BCUT2D eigenvalue weighted by molar-refractivity contribution is -0.119. The number of anilines is 1. The minimum atomic E-state index is 0. The number of carbonyl (C=O) groups is 1. The van der Waals surface area contributed by atoms with Crippen molar-refractivity contribution in [3.05, 3.63) is 30.6 Å². The van der Waals surface area contributed by atoms with E-state index < -0.39 is 0 Å². The molecule has 2 aromatic rings. The zero-order valence-corrected chi connectivity index (χ0v) is 11.6. The molecule has 1 aromatic carbocycles. The summed E-state index contributed by atoms with van der Waals surface area (Å²) in [6.45, 7) is 1.67. The fourth-order valence-corrected chi connectivity index (χ4v) is 2.21. The lowest BCUT2D eigenvalue weighted by atomic mass is 10.1. The molecule has 3 rings (SSSR count). The lowest BCUT2D eigenvalue weighted by Crippen LogP contribution is -2.24. The zero-order valence-electron chi connectivity index (χ0n) is 10.8. The number of carbonyl (C=O) groups excluding carboxylic acids is 1. The van der Waals surface area contributed by atoms with Crippen LogP contribution in [0.1, 0.15) is 6.42 Å². The van der Waals surface area contributed by atoms with Crippen molar-refractivity contribution in [2.24, 2.45) is 5.92 Å². The number of hydrogen-bond acceptors (Lipinski definition) is 4. The van der Waals surface area contributed by atoms with Crippen molar-refractivity contribution in [1.82, 2.24) is 20.5 Å². The maximum Gasteiger partial charge on any atom is 0.228 e. The Morgan fingerprint density at radius 2 is 2.30 bits per heavy atom. The van der Waals surface area contributed by atoms with Gasteiger partial charge in [-0.1, -0.05) is 12.1 Å². The Balaban J connectivity index is 0.00000147. The molecule has 1 fully saturated rings. The summed E-state index contributed by atoms with van der Waals surface area (Å²) < 4.78 is 0. The Hall–Kier alpha value is -1.92. The fraction of sp³-hybridized carbons (Fsp3) is 0.308. The second-order valence-corrected chi connectivity index (χ2v) is 4.59. The number of hydrogen-bond donors (Lipinski definition) is 3. The van der Waals surface area contributed by atoms with Gasteiger partial charge in [-0.25, -0.2) is 4.98 Å². The fourth-order valence-electron chi connectivity index (χ4n) is 2.21. The van der Waals surface area contributed by atoms with Gasteiger partial charge in [-0.15, -0.1) is 12.4 Å². The zero-order chi connectivity index (χ0) is 13.1. The van der Waals surface area contributed by atoms with Crippen LogP contribution in [-0.2, 0) is 4.79 Å². The summed E-state index contributed by atoms with van der Waals surface area (Å²) in [6, 6.07) is 7.58. The predicted molar refractivity (Wildman–Crippen MR) is 78.7 cm³/mol. The van der Waals surface area contributed by atoms with Gasteiger partial charge >= 0.3 is 0 Å². The van der Waals surface area contributed by atoms with E-state index in [1.54, 1.807) is 0 Å². The van der Waals surface area contributed by atoms with Gasteiger partial charge in [-0.2, -0.15) is 5.10 Å². The van der Waals surface area contributed by atoms with Crippen LogP contribution in [0.3, 0.4) is 0 Å². The van der Waals surface area contributed by atoms with Crippen molar-refractivity contribution in [3.63, 3.8) is 0 Å². The molecule has 0 radical (unpaired) electrons. The summed E-state index contributed by atoms with van der Waals surface area (Å²) in [5.41, 5.74) is 1.69. The van der Waals surface area contributed by atoms with E-state index in [2.05, 4.69) is 25.8 Å². The maximum absolute atomic E-state index is 12.0. The molecular formula is C13H16ClN5O. The highest BCUT2D eigenvalue weighted by molar-refractivity contribution is 5.93. The van der Waals surface area contributed by atoms with Crippen LogP contribution in [0.5, 0.6) is 0 Å². The molecule has 0 bridgehead atoms. The van der Waals surface area contributed by atoms with Crippen molar-refractivity contribution in [2.75, 3.05) is 18.4 Å². The van der Waals surface area contributed by atoms with Crippen LogP contribution in [0.25, 0.3) is 11.4 Å². The number of aromatic nitrogens is 3. The van der Waals surface area contributed by atoms with Gasteiger partial charge in [0, 0.05) is 17.8 Å². The van der Waals surface area contributed by atoms with E-state index in [1.165, 1.54) is 6.33 Å². The lowest BCUT2D eigenvalue weighted by Gasteiger charge is -2.10. The third-order valence-corrected chi connectivity index (χ3v) is 3.25. The summed E-state index contributed by atoms with van der Waals surface area (Å²) in [4.78, 5) is 16.1. The number of nitrogens with one attached hydrogen (secondary N) is 3. The Morgan fingerprint density at radius 3 is 3.00 bits per heavy atom. The van der Waals surface area contributed by atoms with Gasteiger partial charge in [0.1, 0.15) is 6.33 Å². The van der Waals surface area contributed by atoms with E-state index in [-0.39, 0.29) is 24.2 Å². The Labute approximate surface area is 122 Å². The van der Waals surface area contributed by atoms with Crippen LogP contribution in [0, 0.1) is 5.92 Å². The molecule has 1 amide bonds. The summed E-state index contributed by atoms with van der Waals surface area (Å²) in [7, 11) is 0. The number of benzene rings is 1. The van der Waals surface area contributed by atoms with Gasteiger partial charge in [0.2, 0.25) is 5.91 Å². The highest BCUT2D eigenvalue weighted by atomic mass is 35.5. The molecule has 1 aliphatic rings. The number of halogens is 1. The van der Waals surface area contributed by atoms with Crippen LogP contribution >= 0.6 is 12.4 Å².